The number of hydrogen-bond acceptors (Lipinski definition) is 2. The van der Waals surface area contributed by atoms with Gasteiger partial charge >= 0.3 is 0 Å². The van der Waals surface area contributed by atoms with Crippen LogP contribution in [0.2, 0.25) is 5.02 Å². The third-order valence-electron chi connectivity index (χ3n) is 4.67. The lowest BCUT2D eigenvalue weighted by atomic mass is 9.83. The zero-order chi connectivity index (χ0) is 14.2. The van der Waals surface area contributed by atoms with Gasteiger partial charge in [-0.15, -0.1) is 24.8 Å². The summed E-state index contributed by atoms with van der Waals surface area (Å²) in [5, 5.41) is 8.02. The smallest absolute Gasteiger partial charge is 0.0493 e. The molecule has 1 aromatic carbocycles. The van der Waals surface area contributed by atoms with Gasteiger partial charge in [0.25, 0.3) is 0 Å². The highest BCUT2D eigenvalue weighted by Gasteiger charge is 2.34. The van der Waals surface area contributed by atoms with E-state index in [1.807, 2.05) is 12.1 Å². The molecule has 0 aromatic heterocycles. The molecule has 5 heteroatoms. The Labute approximate surface area is 154 Å². The van der Waals surface area contributed by atoms with E-state index < -0.39 is 0 Å². The standard InChI is InChI=1S/C18H19ClN2.2ClH/c19-13-6-4-12(5-7-13)14-2-1-3-17-18(14)15-8-10-20-11-9-16(15)21-17;;/h1-7,14,16,20-21H,8-11H2;2*1H. The number of nitrogens with one attached hydrogen (secondary N) is 2. The van der Waals surface area contributed by atoms with E-state index in [0.29, 0.717) is 12.0 Å². The minimum absolute atomic E-state index is 0. The summed E-state index contributed by atoms with van der Waals surface area (Å²) in [6.07, 6.45) is 9.01. The van der Waals surface area contributed by atoms with Gasteiger partial charge in [0, 0.05) is 22.7 Å². The first-order valence-corrected chi connectivity index (χ1v) is 8.05. The quantitative estimate of drug-likeness (QED) is 0.766. The molecule has 124 valence electrons. The van der Waals surface area contributed by atoms with Gasteiger partial charge in [0.1, 0.15) is 0 Å². The van der Waals surface area contributed by atoms with Crippen LogP contribution in [0, 0.1) is 0 Å². The number of hydrogen-bond donors (Lipinski definition) is 2. The van der Waals surface area contributed by atoms with Crippen molar-refractivity contribution in [1.29, 1.82) is 0 Å². The predicted octanol–water partition coefficient (Wildman–Crippen LogP) is 4.37. The lowest BCUT2D eigenvalue weighted by Gasteiger charge is -2.21. The van der Waals surface area contributed by atoms with Crippen LogP contribution in [-0.4, -0.2) is 19.1 Å². The molecule has 2 N–H and O–H groups in total. The van der Waals surface area contributed by atoms with Crippen LogP contribution in [0.1, 0.15) is 24.3 Å². The third kappa shape index (κ3) is 3.46. The van der Waals surface area contributed by atoms with E-state index in [4.69, 9.17) is 11.6 Å². The Morgan fingerprint density at radius 2 is 1.83 bits per heavy atom. The number of rotatable bonds is 1. The van der Waals surface area contributed by atoms with Gasteiger partial charge in [0.05, 0.1) is 0 Å². The molecule has 0 saturated carbocycles. The molecule has 4 rings (SSSR count). The molecular formula is C18H21Cl3N2. The van der Waals surface area contributed by atoms with E-state index in [1.165, 1.54) is 23.3 Å². The first-order valence-electron chi connectivity index (χ1n) is 7.67. The van der Waals surface area contributed by atoms with Crippen molar-refractivity contribution in [1.82, 2.24) is 10.6 Å². The van der Waals surface area contributed by atoms with Gasteiger partial charge in [-0.3, -0.25) is 0 Å². The van der Waals surface area contributed by atoms with Crippen molar-refractivity contribution in [3.63, 3.8) is 0 Å². The normalized spacial score (nSPS) is 25.2. The molecule has 0 bridgehead atoms. The van der Waals surface area contributed by atoms with E-state index in [2.05, 4.69) is 41.0 Å². The summed E-state index contributed by atoms with van der Waals surface area (Å²) in [6.45, 7) is 2.18. The molecule has 1 saturated heterocycles. The first kappa shape index (κ1) is 18.4. The van der Waals surface area contributed by atoms with Crippen molar-refractivity contribution in [3.05, 3.63) is 69.9 Å². The van der Waals surface area contributed by atoms with Crippen molar-refractivity contribution in [3.8, 4) is 0 Å². The van der Waals surface area contributed by atoms with E-state index in [9.17, 15) is 0 Å². The van der Waals surface area contributed by atoms with Gasteiger partial charge in [-0.25, -0.2) is 0 Å². The molecule has 2 atom stereocenters. The average molecular weight is 372 g/mol. The summed E-state index contributed by atoms with van der Waals surface area (Å²) < 4.78 is 0. The summed E-state index contributed by atoms with van der Waals surface area (Å²) in [7, 11) is 0. The molecule has 1 aliphatic carbocycles. The molecule has 0 radical (unpaired) electrons. The first-order chi connectivity index (χ1) is 10.3. The number of fused-ring (bicyclic) bond motifs is 2. The molecule has 3 aliphatic rings. The van der Waals surface area contributed by atoms with Gasteiger partial charge in [0.15, 0.2) is 0 Å². The van der Waals surface area contributed by atoms with Crippen LogP contribution in [0.15, 0.2) is 59.3 Å². The topological polar surface area (TPSA) is 24.1 Å². The zero-order valence-corrected chi connectivity index (χ0v) is 15.1. The number of halogens is 3. The Morgan fingerprint density at radius 3 is 2.61 bits per heavy atom. The van der Waals surface area contributed by atoms with E-state index in [-0.39, 0.29) is 24.8 Å². The average Bonchev–Trinajstić information content (AvgIpc) is 2.70. The van der Waals surface area contributed by atoms with Crippen LogP contribution in [0.4, 0.5) is 0 Å². The van der Waals surface area contributed by atoms with Crippen LogP contribution in [0.5, 0.6) is 0 Å². The van der Waals surface area contributed by atoms with E-state index >= 15 is 0 Å². The molecular weight excluding hydrogens is 351 g/mol. The van der Waals surface area contributed by atoms with E-state index in [0.717, 1.165) is 24.5 Å². The molecule has 0 spiro atoms. The number of allylic oxidation sites excluding steroid dienone is 4. The van der Waals surface area contributed by atoms with Gasteiger partial charge < -0.3 is 10.6 Å². The van der Waals surface area contributed by atoms with Crippen LogP contribution in [0.25, 0.3) is 0 Å². The Kier molecular flexibility index (Phi) is 6.21. The van der Waals surface area contributed by atoms with Crippen molar-refractivity contribution in [2.45, 2.75) is 24.8 Å². The fraction of sp³-hybridized carbons (Fsp3) is 0.333. The molecule has 1 fully saturated rings. The molecule has 1 aromatic rings. The minimum atomic E-state index is 0. The summed E-state index contributed by atoms with van der Waals surface area (Å²) in [6, 6.07) is 8.79. The maximum absolute atomic E-state index is 6.03. The van der Waals surface area contributed by atoms with Gasteiger partial charge in [-0.05, 0) is 60.8 Å². The van der Waals surface area contributed by atoms with Crippen LogP contribution < -0.4 is 10.6 Å². The molecule has 2 nitrogen and oxygen atoms in total. The highest BCUT2D eigenvalue weighted by atomic mass is 35.5. The number of benzene rings is 1. The van der Waals surface area contributed by atoms with Crippen molar-refractivity contribution >= 4 is 36.4 Å². The van der Waals surface area contributed by atoms with Crippen molar-refractivity contribution < 1.29 is 0 Å². The fourth-order valence-corrected chi connectivity index (χ4v) is 3.80. The summed E-state index contributed by atoms with van der Waals surface area (Å²) >= 11 is 6.03. The Morgan fingerprint density at radius 1 is 1.04 bits per heavy atom. The van der Waals surface area contributed by atoms with Gasteiger partial charge in [0.2, 0.25) is 0 Å². The van der Waals surface area contributed by atoms with Crippen LogP contribution >= 0.6 is 36.4 Å². The lowest BCUT2D eigenvalue weighted by Crippen LogP contribution is -2.25. The third-order valence-corrected chi connectivity index (χ3v) is 4.93. The fourth-order valence-electron chi connectivity index (χ4n) is 3.68. The van der Waals surface area contributed by atoms with E-state index in [1.54, 1.807) is 5.57 Å². The van der Waals surface area contributed by atoms with Gasteiger partial charge in [-0.2, -0.15) is 0 Å². The molecule has 0 amide bonds. The Balaban J connectivity index is 0.000000960. The molecule has 2 unspecified atom stereocenters. The summed E-state index contributed by atoms with van der Waals surface area (Å²) in [4.78, 5) is 0. The van der Waals surface area contributed by atoms with Crippen LogP contribution in [0.3, 0.4) is 0 Å². The van der Waals surface area contributed by atoms with Crippen molar-refractivity contribution in [2.75, 3.05) is 13.1 Å². The second kappa shape index (κ2) is 7.76. The van der Waals surface area contributed by atoms with Crippen molar-refractivity contribution in [2.24, 2.45) is 0 Å². The summed E-state index contributed by atoms with van der Waals surface area (Å²) in [5.74, 6) is 0.355. The zero-order valence-electron chi connectivity index (χ0n) is 12.7. The molecule has 23 heavy (non-hydrogen) atoms. The molecule has 2 heterocycles. The maximum Gasteiger partial charge on any atom is 0.0493 e. The monoisotopic (exact) mass is 370 g/mol. The lowest BCUT2D eigenvalue weighted by molar-refractivity contribution is 0.613. The minimum Gasteiger partial charge on any atom is -0.378 e. The second-order valence-corrected chi connectivity index (χ2v) is 6.36. The summed E-state index contributed by atoms with van der Waals surface area (Å²) in [5.41, 5.74) is 5.73. The predicted molar refractivity (Wildman–Crippen MR) is 102 cm³/mol. The molecule has 2 aliphatic heterocycles. The second-order valence-electron chi connectivity index (χ2n) is 5.92. The highest BCUT2D eigenvalue weighted by molar-refractivity contribution is 6.30. The largest absolute Gasteiger partial charge is 0.378 e. The highest BCUT2D eigenvalue weighted by Crippen LogP contribution is 2.42. The Hall–Kier alpha value is -0.930. The van der Waals surface area contributed by atoms with Gasteiger partial charge in [-0.1, -0.05) is 35.9 Å². The maximum atomic E-state index is 6.03. The Bertz CT molecular complexity index is 647. The SMILES string of the molecule is Cl.Cl.Clc1ccc(C2C=CC=C3NC4CCNCCC4=C32)cc1. The van der Waals surface area contributed by atoms with Crippen LogP contribution in [-0.2, 0) is 0 Å².